The molecule has 4 nitrogen and oxygen atoms in total. The lowest BCUT2D eigenvalue weighted by Crippen LogP contribution is -2.45. The lowest BCUT2D eigenvalue weighted by Gasteiger charge is -2.28. The van der Waals surface area contributed by atoms with Gasteiger partial charge in [-0.25, -0.2) is 0 Å². The van der Waals surface area contributed by atoms with Crippen molar-refractivity contribution in [1.29, 1.82) is 5.26 Å². The molecule has 1 rings (SSSR count). The number of nitrogens with zero attached hydrogens (tertiary/aromatic N) is 2. The first kappa shape index (κ1) is 15.6. The molecule has 0 N–H and O–H groups in total. The second kappa shape index (κ2) is 6.14. The molecule has 0 fully saturated rings. The van der Waals surface area contributed by atoms with Gasteiger partial charge in [-0.05, 0) is 26.0 Å². The highest BCUT2D eigenvalue weighted by Crippen LogP contribution is 2.26. The first-order valence-electron chi connectivity index (χ1n) is 5.53. The molecule has 0 aliphatic rings. The van der Waals surface area contributed by atoms with E-state index in [4.69, 9.17) is 33.2 Å². The van der Waals surface area contributed by atoms with Gasteiger partial charge in [0.2, 0.25) is 0 Å². The molecule has 19 heavy (non-hydrogen) atoms. The standard InChI is InChI=1S/C13H14Cl2N2O2/c1-13(2,8-16)17(3)12(18)7-19-9-4-5-10(14)11(15)6-9/h4-6H,7H2,1-3H3. The first-order valence-corrected chi connectivity index (χ1v) is 6.29. The number of nitriles is 1. The van der Waals surface area contributed by atoms with Gasteiger partial charge < -0.3 is 9.64 Å². The largest absolute Gasteiger partial charge is 0.484 e. The number of carbonyl (C=O) groups is 1. The predicted octanol–water partition coefficient (Wildman–Crippen LogP) is 3.13. The maximum Gasteiger partial charge on any atom is 0.261 e. The summed E-state index contributed by atoms with van der Waals surface area (Å²) in [5.41, 5.74) is -0.877. The van der Waals surface area contributed by atoms with Crippen molar-refractivity contribution in [3.8, 4) is 11.8 Å². The average Bonchev–Trinajstić information content (AvgIpc) is 2.38. The number of hydrogen-bond donors (Lipinski definition) is 0. The van der Waals surface area contributed by atoms with Gasteiger partial charge >= 0.3 is 0 Å². The van der Waals surface area contributed by atoms with Gasteiger partial charge in [-0.2, -0.15) is 5.26 Å². The Bertz CT molecular complexity index is 524. The van der Waals surface area contributed by atoms with E-state index in [-0.39, 0.29) is 12.5 Å². The van der Waals surface area contributed by atoms with Gasteiger partial charge in [0.15, 0.2) is 6.61 Å². The van der Waals surface area contributed by atoms with Crippen LogP contribution in [0, 0.1) is 11.3 Å². The van der Waals surface area contributed by atoms with Crippen LogP contribution < -0.4 is 4.74 Å². The quantitative estimate of drug-likeness (QED) is 0.858. The molecular weight excluding hydrogens is 287 g/mol. The molecule has 1 aromatic carbocycles. The van der Waals surface area contributed by atoms with E-state index >= 15 is 0 Å². The van der Waals surface area contributed by atoms with E-state index in [0.717, 1.165) is 0 Å². The van der Waals surface area contributed by atoms with Crippen molar-refractivity contribution in [2.75, 3.05) is 13.7 Å². The van der Waals surface area contributed by atoms with Gasteiger partial charge in [-0.3, -0.25) is 4.79 Å². The maximum atomic E-state index is 11.9. The van der Waals surface area contributed by atoms with E-state index in [1.807, 2.05) is 6.07 Å². The molecule has 0 aliphatic heterocycles. The third-order valence-corrected chi connectivity index (χ3v) is 3.48. The van der Waals surface area contributed by atoms with E-state index in [2.05, 4.69) is 0 Å². The van der Waals surface area contributed by atoms with Crippen molar-refractivity contribution in [1.82, 2.24) is 4.90 Å². The lowest BCUT2D eigenvalue weighted by atomic mass is 10.1. The third-order valence-electron chi connectivity index (χ3n) is 2.74. The number of rotatable bonds is 4. The summed E-state index contributed by atoms with van der Waals surface area (Å²) in [4.78, 5) is 13.2. The summed E-state index contributed by atoms with van der Waals surface area (Å²) < 4.78 is 5.32. The Morgan fingerprint density at radius 1 is 1.42 bits per heavy atom. The van der Waals surface area contributed by atoms with Crippen LogP contribution in [0.2, 0.25) is 10.0 Å². The highest BCUT2D eigenvalue weighted by atomic mass is 35.5. The first-order chi connectivity index (χ1) is 8.77. The van der Waals surface area contributed by atoms with Crippen LogP contribution in [-0.2, 0) is 4.79 Å². The fraction of sp³-hybridized carbons (Fsp3) is 0.385. The minimum absolute atomic E-state index is 0.167. The number of carbonyl (C=O) groups excluding carboxylic acids is 1. The Hall–Kier alpha value is -1.44. The fourth-order valence-corrected chi connectivity index (χ4v) is 1.48. The van der Waals surface area contributed by atoms with Crippen LogP contribution in [0.3, 0.4) is 0 Å². The van der Waals surface area contributed by atoms with Gasteiger partial charge in [0.05, 0.1) is 16.1 Å². The third kappa shape index (κ3) is 4.02. The zero-order valence-corrected chi connectivity index (χ0v) is 12.4. The van der Waals surface area contributed by atoms with Gasteiger partial charge in [0.1, 0.15) is 11.3 Å². The molecule has 0 saturated carbocycles. The van der Waals surface area contributed by atoms with E-state index in [1.54, 1.807) is 33.0 Å². The zero-order valence-electron chi connectivity index (χ0n) is 10.9. The Labute approximate surface area is 122 Å². The van der Waals surface area contributed by atoms with Crippen LogP contribution in [0.15, 0.2) is 18.2 Å². The lowest BCUT2D eigenvalue weighted by molar-refractivity contribution is -0.135. The molecule has 0 aliphatic carbocycles. The number of amides is 1. The molecule has 0 atom stereocenters. The smallest absolute Gasteiger partial charge is 0.261 e. The topological polar surface area (TPSA) is 53.3 Å². The Morgan fingerprint density at radius 2 is 2.05 bits per heavy atom. The molecule has 0 unspecified atom stereocenters. The summed E-state index contributed by atoms with van der Waals surface area (Å²) in [5.74, 6) is 0.156. The van der Waals surface area contributed by atoms with Crippen LogP contribution in [0.4, 0.5) is 0 Å². The number of hydrogen-bond acceptors (Lipinski definition) is 3. The molecule has 1 aromatic rings. The predicted molar refractivity (Wildman–Crippen MR) is 74.4 cm³/mol. The minimum Gasteiger partial charge on any atom is -0.484 e. The molecule has 0 aromatic heterocycles. The number of likely N-dealkylation sites (N-methyl/N-ethyl adjacent to an activating group) is 1. The van der Waals surface area contributed by atoms with Gasteiger partial charge in [-0.1, -0.05) is 23.2 Å². The zero-order chi connectivity index (χ0) is 14.6. The van der Waals surface area contributed by atoms with Gasteiger partial charge in [0.25, 0.3) is 5.91 Å². The molecule has 0 heterocycles. The van der Waals surface area contributed by atoms with E-state index < -0.39 is 5.54 Å². The summed E-state index contributed by atoms with van der Waals surface area (Å²) in [6.45, 7) is 3.15. The van der Waals surface area contributed by atoms with Crippen molar-refractivity contribution in [2.24, 2.45) is 0 Å². The maximum absolute atomic E-state index is 11.9. The van der Waals surface area contributed by atoms with E-state index in [1.165, 1.54) is 11.0 Å². The molecule has 0 radical (unpaired) electrons. The number of ether oxygens (including phenoxy) is 1. The Balaban J connectivity index is 2.65. The van der Waals surface area contributed by atoms with Crippen LogP contribution >= 0.6 is 23.2 Å². The highest BCUT2D eigenvalue weighted by Gasteiger charge is 2.27. The highest BCUT2D eigenvalue weighted by molar-refractivity contribution is 6.42. The van der Waals surface area contributed by atoms with Crippen molar-refractivity contribution >= 4 is 29.1 Å². The van der Waals surface area contributed by atoms with E-state index in [0.29, 0.717) is 15.8 Å². The summed E-state index contributed by atoms with van der Waals surface area (Å²) in [6, 6.07) is 6.79. The van der Waals surface area contributed by atoms with Crippen LogP contribution in [0.1, 0.15) is 13.8 Å². The second-order valence-electron chi connectivity index (χ2n) is 4.49. The van der Waals surface area contributed by atoms with Crippen molar-refractivity contribution in [3.05, 3.63) is 28.2 Å². The number of halogens is 2. The minimum atomic E-state index is -0.877. The molecule has 0 spiro atoms. The monoisotopic (exact) mass is 300 g/mol. The molecule has 6 heteroatoms. The number of benzene rings is 1. The molecule has 0 saturated heterocycles. The second-order valence-corrected chi connectivity index (χ2v) is 5.30. The Kier molecular flexibility index (Phi) is 5.04. The van der Waals surface area contributed by atoms with Crippen molar-refractivity contribution in [3.63, 3.8) is 0 Å². The van der Waals surface area contributed by atoms with Crippen LogP contribution in [0.25, 0.3) is 0 Å². The van der Waals surface area contributed by atoms with Gasteiger partial charge in [-0.15, -0.1) is 0 Å². The molecule has 1 amide bonds. The fourth-order valence-electron chi connectivity index (χ4n) is 1.20. The van der Waals surface area contributed by atoms with Crippen molar-refractivity contribution in [2.45, 2.75) is 19.4 Å². The summed E-state index contributed by atoms with van der Waals surface area (Å²) in [5, 5.41) is 9.73. The average molecular weight is 301 g/mol. The van der Waals surface area contributed by atoms with Crippen LogP contribution in [0.5, 0.6) is 5.75 Å². The molecule has 102 valence electrons. The summed E-state index contributed by atoms with van der Waals surface area (Å²) in [6.07, 6.45) is 0. The summed E-state index contributed by atoms with van der Waals surface area (Å²) >= 11 is 11.6. The molecular formula is C13H14Cl2N2O2. The van der Waals surface area contributed by atoms with E-state index in [9.17, 15) is 4.79 Å². The van der Waals surface area contributed by atoms with Gasteiger partial charge in [0, 0.05) is 13.1 Å². The Morgan fingerprint density at radius 3 is 2.58 bits per heavy atom. The van der Waals surface area contributed by atoms with Crippen molar-refractivity contribution < 1.29 is 9.53 Å². The SMILES string of the molecule is CN(C(=O)COc1ccc(Cl)c(Cl)c1)C(C)(C)C#N. The molecule has 0 bridgehead atoms. The van der Waals surface area contributed by atoms with Crippen LogP contribution in [-0.4, -0.2) is 30.0 Å². The normalized spacial score (nSPS) is 10.7. The summed E-state index contributed by atoms with van der Waals surface area (Å²) in [7, 11) is 1.56.